The Balaban J connectivity index is 3.08. The number of carbonyl (C=O) groups excluding carboxylic acids is 1. The van der Waals surface area contributed by atoms with Crippen molar-refractivity contribution >= 4 is 23.2 Å². The molecule has 1 aromatic heterocycles. The van der Waals surface area contributed by atoms with E-state index >= 15 is 0 Å². The molecule has 0 amide bonds. The Morgan fingerprint density at radius 3 is 2.33 bits per heavy atom. The average molecular weight is 267 g/mol. The molecule has 0 aliphatic heterocycles. The van der Waals surface area contributed by atoms with Crippen LogP contribution < -0.4 is 0 Å². The van der Waals surface area contributed by atoms with E-state index in [4.69, 9.17) is 21.7 Å². The largest absolute Gasteiger partial charge is 0.482 e. The van der Waals surface area contributed by atoms with E-state index in [0.717, 1.165) is 12.0 Å². The second kappa shape index (κ2) is 7.06. The lowest BCUT2D eigenvalue weighted by Crippen LogP contribution is -2.13. The van der Waals surface area contributed by atoms with Crippen LogP contribution in [0.5, 0.6) is 0 Å². The molecule has 5 heteroatoms. The molecular formula is C13H17NO3S. The Bertz CT molecular complexity index is 410. The van der Waals surface area contributed by atoms with Gasteiger partial charge in [0.2, 0.25) is 5.05 Å². The van der Waals surface area contributed by atoms with E-state index in [1.165, 1.54) is 0 Å². The third kappa shape index (κ3) is 3.77. The molecule has 0 aromatic carbocycles. The number of thiocarbonyl (C=S) groups is 1. The summed E-state index contributed by atoms with van der Waals surface area (Å²) in [5, 5.41) is 0.304. The molecule has 0 atom stereocenters. The molecule has 4 nitrogen and oxygen atoms in total. The Hall–Kier alpha value is -1.49. The van der Waals surface area contributed by atoms with Gasteiger partial charge < -0.3 is 9.47 Å². The van der Waals surface area contributed by atoms with Crippen LogP contribution in [0.2, 0.25) is 0 Å². The Kier molecular flexibility index (Phi) is 5.71. The highest BCUT2D eigenvalue weighted by Crippen LogP contribution is 2.10. The summed E-state index contributed by atoms with van der Waals surface area (Å²) in [6, 6.07) is 3.55. The summed E-state index contributed by atoms with van der Waals surface area (Å²) in [5.41, 5.74) is 1.76. The van der Waals surface area contributed by atoms with Gasteiger partial charge in [0.1, 0.15) is 11.4 Å². The molecule has 1 aromatic rings. The number of aryl methyl sites for hydroxylation is 1. The first kappa shape index (κ1) is 14.6. The average Bonchev–Trinajstić information content (AvgIpc) is 2.38. The topological polar surface area (TPSA) is 48.4 Å². The van der Waals surface area contributed by atoms with Crippen LogP contribution >= 0.6 is 12.2 Å². The highest BCUT2D eigenvalue weighted by Gasteiger charge is 2.13. The van der Waals surface area contributed by atoms with Crippen LogP contribution in [0, 0.1) is 0 Å². The van der Waals surface area contributed by atoms with Gasteiger partial charge in [-0.3, -0.25) is 0 Å². The molecule has 0 spiro atoms. The molecule has 0 aliphatic carbocycles. The van der Waals surface area contributed by atoms with Gasteiger partial charge in [0.05, 0.1) is 13.2 Å². The third-order valence-corrected chi connectivity index (χ3v) is 2.59. The zero-order valence-electron chi connectivity index (χ0n) is 10.9. The molecule has 0 saturated carbocycles. The summed E-state index contributed by atoms with van der Waals surface area (Å²) in [5.74, 6) is -0.437. The first-order chi connectivity index (χ1) is 8.62. The molecule has 0 N–H and O–H groups in total. The normalized spacial score (nSPS) is 9.94. The molecule has 98 valence electrons. The van der Waals surface area contributed by atoms with E-state index in [0.29, 0.717) is 24.0 Å². The summed E-state index contributed by atoms with van der Waals surface area (Å²) >= 11 is 5.10. The minimum atomic E-state index is -0.437. The molecule has 0 unspecified atom stereocenters. The highest BCUT2D eigenvalue weighted by molar-refractivity contribution is 7.80. The van der Waals surface area contributed by atoms with Gasteiger partial charge in [0, 0.05) is 0 Å². The van der Waals surface area contributed by atoms with Crippen molar-refractivity contribution in [3.63, 3.8) is 0 Å². The standard InChI is InChI=1S/C13H17NO3S/c1-4-9-7-10(12(15)16-5-2)14-11(8-9)13(18)17-6-3/h7-8H,4-6H2,1-3H3. The first-order valence-corrected chi connectivity index (χ1v) is 6.38. The predicted octanol–water partition coefficient (Wildman–Crippen LogP) is 2.53. The second-order valence-corrected chi connectivity index (χ2v) is 3.91. The fraction of sp³-hybridized carbons (Fsp3) is 0.462. The maximum absolute atomic E-state index is 11.7. The molecule has 0 fully saturated rings. The summed E-state index contributed by atoms with van der Waals surface area (Å²) in [6.07, 6.45) is 0.788. The Morgan fingerprint density at radius 1 is 1.17 bits per heavy atom. The van der Waals surface area contributed by atoms with Crippen molar-refractivity contribution in [1.29, 1.82) is 0 Å². The van der Waals surface area contributed by atoms with Crippen molar-refractivity contribution in [2.24, 2.45) is 0 Å². The number of rotatable bonds is 5. The van der Waals surface area contributed by atoms with Crippen molar-refractivity contribution in [2.75, 3.05) is 13.2 Å². The number of pyridine rings is 1. The van der Waals surface area contributed by atoms with Crippen molar-refractivity contribution in [1.82, 2.24) is 4.98 Å². The van der Waals surface area contributed by atoms with Gasteiger partial charge >= 0.3 is 5.97 Å². The lowest BCUT2D eigenvalue weighted by Gasteiger charge is -2.08. The van der Waals surface area contributed by atoms with E-state index in [1.807, 2.05) is 19.9 Å². The van der Waals surface area contributed by atoms with E-state index in [9.17, 15) is 4.79 Å². The van der Waals surface area contributed by atoms with Gasteiger partial charge in [-0.25, -0.2) is 9.78 Å². The third-order valence-electron chi connectivity index (χ3n) is 2.26. The molecular weight excluding hydrogens is 250 g/mol. The van der Waals surface area contributed by atoms with Crippen LogP contribution in [-0.4, -0.2) is 29.2 Å². The van der Waals surface area contributed by atoms with Crippen molar-refractivity contribution in [3.8, 4) is 0 Å². The molecule has 1 rings (SSSR count). The molecule has 18 heavy (non-hydrogen) atoms. The maximum atomic E-state index is 11.7. The summed E-state index contributed by atoms with van der Waals surface area (Å²) in [4.78, 5) is 15.9. The van der Waals surface area contributed by atoms with Crippen LogP contribution in [-0.2, 0) is 15.9 Å². The van der Waals surface area contributed by atoms with Crippen molar-refractivity contribution < 1.29 is 14.3 Å². The number of hydrogen-bond donors (Lipinski definition) is 0. The number of hydrogen-bond acceptors (Lipinski definition) is 5. The summed E-state index contributed by atoms with van der Waals surface area (Å²) in [6.45, 7) is 6.40. The zero-order chi connectivity index (χ0) is 13.5. The number of carbonyl (C=O) groups is 1. The number of aromatic nitrogens is 1. The number of ether oxygens (including phenoxy) is 2. The molecule has 1 heterocycles. The SMILES string of the molecule is CCOC(=O)c1cc(CC)cc(C(=S)OCC)n1. The maximum Gasteiger partial charge on any atom is 0.356 e. The quantitative estimate of drug-likeness (QED) is 0.606. The predicted molar refractivity (Wildman–Crippen MR) is 72.9 cm³/mol. The van der Waals surface area contributed by atoms with E-state index in [1.54, 1.807) is 13.0 Å². The minimum Gasteiger partial charge on any atom is -0.482 e. The lowest BCUT2D eigenvalue weighted by atomic mass is 10.1. The van der Waals surface area contributed by atoms with E-state index < -0.39 is 5.97 Å². The van der Waals surface area contributed by atoms with Gasteiger partial charge in [0.15, 0.2) is 0 Å². The van der Waals surface area contributed by atoms with E-state index in [-0.39, 0.29) is 5.69 Å². The summed E-state index contributed by atoms with van der Waals surface area (Å²) in [7, 11) is 0. The fourth-order valence-corrected chi connectivity index (χ4v) is 1.63. The van der Waals surface area contributed by atoms with Crippen molar-refractivity contribution in [2.45, 2.75) is 27.2 Å². The first-order valence-electron chi connectivity index (χ1n) is 5.97. The van der Waals surface area contributed by atoms with Crippen LogP contribution in [0.15, 0.2) is 12.1 Å². The molecule has 0 bridgehead atoms. The van der Waals surface area contributed by atoms with Gasteiger partial charge in [0.25, 0.3) is 0 Å². The van der Waals surface area contributed by atoms with Gasteiger partial charge in [-0.15, -0.1) is 0 Å². The highest BCUT2D eigenvalue weighted by atomic mass is 32.1. The minimum absolute atomic E-state index is 0.272. The lowest BCUT2D eigenvalue weighted by molar-refractivity contribution is 0.0519. The molecule has 0 saturated heterocycles. The number of esters is 1. The van der Waals surface area contributed by atoms with Crippen LogP contribution in [0.25, 0.3) is 0 Å². The number of nitrogens with zero attached hydrogens (tertiary/aromatic N) is 1. The zero-order valence-corrected chi connectivity index (χ0v) is 11.7. The van der Waals surface area contributed by atoms with Gasteiger partial charge in [-0.2, -0.15) is 0 Å². The molecule has 0 radical (unpaired) electrons. The molecule has 0 aliphatic rings. The fourth-order valence-electron chi connectivity index (χ4n) is 1.41. The smallest absolute Gasteiger partial charge is 0.356 e. The van der Waals surface area contributed by atoms with E-state index in [2.05, 4.69) is 4.98 Å². The van der Waals surface area contributed by atoms with Crippen molar-refractivity contribution in [3.05, 3.63) is 29.1 Å². The second-order valence-electron chi connectivity index (χ2n) is 3.54. The summed E-state index contributed by atoms with van der Waals surface area (Å²) < 4.78 is 10.2. The monoisotopic (exact) mass is 267 g/mol. The van der Waals surface area contributed by atoms with Gasteiger partial charge in [-0.1, -0.05) is 6.92 Å². The van der Waals surface area contributed by atoms with Crippen LogP contribution in [0.4, 0.5) is 0 Å². The Morgan fingerprint density at radius 2 is 1.78 bits per heavy atom. The van der Waals surface area contributed by atoms with Crippen LogP contribution in [0.3, 0.4) is 0 Å². The van der Waals surface area contributed by atoms with Gasteiger partial charge in [-0.05, 0) is 50.2 Å². The van der Waals surface area contributed by atoms with Crippen LogP contribution in [0.1, 0.15) is 42.5 Å². The Labute approximate surface area is 112 Å².